The highest BCUT2D eigenvalue weighted by Crippen LogP contribution is 2.70. The quantitative estimate of drug-likeness (QED) is 0.827. The summed E-state index contributed by atoms with van der Waals surface area (Å²) in [4.78, 5) is 27.6. The molecule has 1 N–H and O–H groups in total. The molecule has 1 heterocycles. The van der Waals surface area contributed by atoms with Crippen molar-refractivity contribution >= 4 is 11.7 Å². The Morgan fingerprint density at radius 2 is 1.71 bits per heavy atom. The summed E-state index contributed by atoms with van der Waals surface area (Å²) in [7, 11) is 2.10. The van der Waals surface area contributed by atoms with E-state index in [9.17, 15) is 9.59 Å². The van der Waals surface area contributed by atoms with E-state index in [1.165, 1.54) is 0 Å². The minimum atomic E-state index is -0.512. The highest BCUT2D eigenvalue weighted by atomic mass is 16.2. The van der Waals surface area contributed by atoms with Gasteiger partial charge in [-0.3, -0.25) is 15.0 Å². The lowest BCUT2D eigenvalue weighted by atomic mass is 9.64. The van der Waals surface area contributed by atoms with E-state index in [1.54, 1.807) is 0 Å². The molecule has 0 aromatic rings. The van der Waals surface area contributed by atoms with E-state index in [0.717, 1.165) is 39.0 Å². The molecule has 2 aliphatic carbocycles. The van der Waals surface area contributed by atoms with Gasteiger partial charge in [-0.05, 0) is 25.3 Å². The second-order valence-electron chi connectivity index (χ2n) is 7.87. The fourth-order valence-electron chi connectivity index (χ4n) is 4.53. The van der Waals surface area contributed by atoms with Crippen LogP contribution in [-0.4, -0.2) is 54.8 Å². The van der Waals surface area contributed by atoms with Crippen molar-refractivity contribution in [1.82, 2.24) is 15.3 Å². The third kappa shape index (κ3) is 1.83. The van der Waals surface area contributed by atoms with Gasteiger partial charge in [-0.15, -0.1) is 0 Å². The Balaban J connectivity index is 1.77. The molecule has 21 heavy (non-hydrogen) atoms. The minimum Gasteiger partial charge on any atom is -0.304 e. The van der Waals surface area contributed by atoms with Crippen molar-refractivity contribution in [2.75, 3.05) is 33.2 Å². The van der Waals surface area contributed by atoms with Gasteiger partial charge in [0.05, 0.1) is 5.41 Å². The number of rotatable bonds is 2. The molecule has 3 rings (SSSR count). The maximum Gasteiger partial charge on any atom is 0.241 e. The van der Waals surface area contributed by atoms with Gasteiger partial charge in [0.2, 0.25) is 5.91 Å². The van der Waals surface area contributed by atoms with E-state index in [1.807, 2.05) is 11.9 Å². The number of ketones is 1. The van der Waals surface area contributed by atoms with Gasteiger partial charge < -0.3 is 4.90 Å². The van der Waals surface area contributed by atoms with Crippen molar-refractivity contribution in [3.8, 4) is 0 Å². The number of nitrogens with one attached hydrogen (secondary N) is 1. The molecule has 118 valence electrons. The van der Waals surface area contributed by atoms with Crippen molar-refractivity contribution in [2.24, 2.45) is 16.2 Å². The number of fused-ring (bicyclic) bond motifs is 2. The highest BCUT2D eigenvalue weighted by Gasteiger charge is 2.72. The molecule has 3 aliphatic rings. The molecule has 5 heteroatoms. The van der Waals surface area contributed by atoms with Crippen LogP contribution in [-0.2, 0) is 9.59 Å². The van der Waals surface area contributed by atoms with E-state index < -0.39 is 5.41 Å². The molecule has 2 bridgehead atoms. The van der Waals surface area contributed by atoms with Crippen molar-refractivity contribution in [1.29, 1.82) is 0 Å². The third-order valence-electron chi connectivity index (χ3n) is 6.90. The summed E-state index contributed by atoms with van der Waals surface area (Å²) in [5, 5.41) is 2.02. The lowest BCUT2D eigenvalue weighted by Crippen LogP contribution is -2.57. The van der Waals surface area contributed by atoms with E-state index in [-0.39, 0.29) is 22.5 Å². The van der Waals surface area contributed by atoms with Crippen LogP contribution < -0.4 is 5.43 Å². The summed E-state index contributed by atoms with van der Waals surface area (Å²) in [6, 6.07) is 0. The van der Waals surface area contributed by atoms with Crippen LogP contribution in [0.1, 0.15) is 40.0 Å². The molecule has 2 atom stereocenters. The first-order valence-corrected chi connectivity index (χ1v) is 8.01. The molecule has 0 aromatic carbocycles. The summed E-state index contributed by atoms with van der Waals surface area (Å²) in [5.41, 5.74) is 2.01. The molecule has 0 radical (unpaired) electrons. The Hall–Kier alpha value is -0.940. The normalized spacial score (nSPS) is 39.7. The van der Waals surface area contributed by atoms with Crippen molar-refractivity contribution in [3.05, 3.63) is 0 Å². The number of Topliss-reactive ketones (excluding diaryl/α,β-unsaturated/α-hetero) is 1. The smallest absolute Gasteiger partial charge is 0.241 e. The van der Waals surface area contributed by atoms with Crippen LogP contribution in [0.15, 0.2) is 0 Å². The van der Waals surface area contributed by atoms with Gasteiger partial charge in [0, 0.05) is 38.0 Å². The molecule has 1 aliphatic heterocycles. The van der Waals surface area contributed by atoms with Gasteiger partial charge in [0.25, 0.3) is 0 Å². The summed E-state index contributed by atoms with van der Waals surface area (Å²) >= 11 is 0. The van der Waals surface area contributed by atoms with Crippen LogP contribution in [0.2, 0.25) is 0 Å². The van der Waals surface area contributed by atoms with Crippen molar-refractivity contribution in [3.63, 3.8) is 0 Å². The number of hydrazine groups is 1. The second-order valence-corrected chi connectivity index (χ2v) is 7.87. The van der Waals surface area contributed by atoms with Crippen LogP contribution in [0.3, 0.4) is 0 Å². The van der Waals surface area contributed by atoms with Gasteiger partial charge in [-0.25, -0.2) is 5.01 Å². The van der Waals surface area contributed by atoms with E-state index in [4.69, 9.17) is 0 Å². The van der Waals surface area contributed by atoms with Crippen LogP contribution >= 0.6 is 0 Å². The molecule has 1 amide bonds. The van der Waals surface area contributed by atoms with Crippen LogP contribution in [0.5, 0.6) is 0 Å². The van der Waals surface area contributed by atoms with E-state index in [2.05, 4.69) is 31.2 Å². The maximum atomic E-state index is 13.0. The third-order valence-corrected chi connectivity index (χ3v) is 6.90. The molecule has 2 saturated carbocycles. The first-order chi connectivity index (χ1) is 9.73. The largest absolute Gasteiger partial charge is 0.304 e. The number of amides is 1. The highest BCUT2D eigenvalue weighted by molar-refractivity contribution is 5.99. The fraction of sp³-hybridized carbons (Fsp3) is 0.875. The van der Waals surface area contributed by atoms with Crippen LogP contribution in [0, 0.1) is 16.2 Å². The predicted molar refractivity (Wildman–Crippen MR) is 80.4 cm³/mol. The molecule has 0 spiro atoms. The zero-order valence-electron chi connectivity index (χ0n) is 13.7. The SMILES string of the molecule is CN1CCN(NC(=O)[C@@]23CC[C@@](C)(C(=O)C2)C3(C)C)CC1. The number of likely N-dealkylation sites (N-methyl/N-ethyl adjacent to an activating group) is 1. The molecule has 1 saturated heterocycles. The van der Waals surface area contributed by atoms with Gasteiger partial charge in [-0.2, -0.15) is 0 Å². The van der Waals surface area contributed by atoms with Gasteiger partial charge >= 0.3 is 0 Å². The minimum absolute atomic E-state index is 0.0617. The average molecular weight is 293 g/mol. The zero-order chi connectivity index (χ0) is 15.5. The zero-order valence-corrected chi connectivity index (χ0v) is 13.7. The lowest BCUT2D eigenvalue weighted by molar-refractivity contribution is -0.142. The first-order valence-electron chi connectivity index (χ1n) is 8.01. The summed E-state index contributed by atoms with van der Waals surface area (Å²) in [5.74, 6) is 0.332. The average Bonchev–Trinajstić information content (AvgIpc) is 2.72. The van der Waals surface area contributed by atoms with Crippen LogP contribution in [0.4, 0.5) is 0 Å². The molecular weight excluding hydrogens is 266 g/mol. The van der Waals surface area contributed by atoms with Crippen LogP contribution in [0.25, 0.3) is 0 Å². The molecule has 3 fully saturated rings. The number of nitrogens with zero attached hydrogens (tertiary/aromatic N) is 2. The maximum absolute atomic E-state index is 13.0. The number of carbonyl (C=O) groups excluding carboxylic acids is 2. The molecule has 0 aromatic heterocycles. The fourth-order valence-corrected chi connectivity index (χ4v) is 4.53. The lowest BCUT2D eigenvalue weighted by Gasteiger charge is -2.41. The monoisotopic (exact) mass is 293 g/mol. The van der Waals surface area contributed by atoms with E-state index in [0.29, 0.717) is 6.42 Å². The Bertz CT molecular complexity index is 482. The van der Waals surface area contributed by atoms with Crippen molar-refractivity contribution < 1.29 is 9.59 Å². The Kier molecular flexibility index (Phi) is 3.23. The summed E-state index contributed by atoms with van der Waals surface area (Å²) in [6.45, 7) is 9.89. The predicted octanol–water partition coefficient (Wildman–Crippen LogP) is 1.05. The molecule has 5 nitrogen and oxygen atoms in total. The number of carbonyl (C=O) groups is 2. The first kappa shape index (κ1) is 15.0. The van der Waals surface area contributed by atoms with Gasteiger partial charge in [0.1, 0.15) is 5.78 Å². The van der Waals surface area contributed by atoms with Gasteiger partial charge in [0.15, 0.2) is 0 Å². The Morgan fingerprint density at radius 1 is 1.10 bits per heavy atom. The standard InChI is InChI=1S/C16H27N3O2/c1-14(2)15(3)5-6-16(14,11-12(15)20)13(21)17-19-9-7-18(4)8-10-19/h5-11H2,1-4H3,(H,17,21)/t15-,16+/m0/s1. The summed E-state index contributed by atoms with van der Waals surface area (Å²) < 4.78 is 0. The summed E-state index contributed by atoms with van der Waals surface area (Å²) in [6.07, 6.45) is 2.09. The van der Waals surface area contributed by atoms with E-state index >= 15 is 0 Å². The Labute approximate surface area is 127 Å². The Morgan fingerprint density at radius 3 is 2.19 bits per heavy atom. The van der Waals surface area contributed by atoms with Crippen molar-refractivity contribution in [2.45, 2.75) is 40.0 Å². The number of hydrogen-bond donors (Lipinski definition) is 1. The second kappa shape index (κ2) is 4.53. The van der Waals surface area contributed by atoms with Gasteiger partial charge in [-0.1, -0.05) is 20.8 Å². The molecule has 0 unspecified atom stereocenters. The number of hydrogen-bond acceptors (Lipinski definition) is 4. The topological polar surface area (TPSA) is 52.6 Å². The number of piperazine rings is 1. The molecular formula is C16H27N3O2.